The van der Waals surface area contributed by atoms with Crippen LogP contribution in [0.3, 0.4) is 0 Å². The number of hydrogen-bond acceptors (Lipinski definition) is 6. The Morgan fingerprint density at radius 3 is 0.970 bits per heavy atom. The molecule has 1 unspecified atom stereocenters. The number of allylic oxidation sites excluding steroid dienone is 22. The van der Waals surface area contributed by atoms with E-state index in [4.69, 9.17) is 14.2 Å². The molecule has 376 valence electrons. The third-order valence-electron chi connectivity index (χ3n) is 10.6. The number of rotatable bonds is 46. The highest BCUT2D eigenvalue weighted by Crippen LogP contribution is 2.11. The van der Waals surface area contributed by atoms with Gasteiger partial charge < -0.3 is 14.2 Å². The van der Waals surface area contributed by atoms with Crippen LogP contribution in [0.15, 0.2) is 134 Å². The number of esters is 3. The van der Waals surface area contributed by atoms with Gasteiger partial charge in [-0.3, -0.25) is 14.4 Å². The molecule has 6 heteroatoms. The van der Waals surface area contributed by atoms with Crippen molar-refractivity contribution < 1.29 is 28.6 Å². The third kappa shape index (κ3) is 52.4. The minimum atomic E-state index is -0.833. The molecular weight excluding hydrogens is 829 g/mol. The van der Waals surface area contributed by atoms with E-state index in [9.17, 15) is 14.4 Å². The normalized spacial score (nSPS) is 13.2. The molecule has 0 bridgehead atoms. The molecule has 0 aliphatic carbocycles. The van der Waals surface area contributed by atoms with Crippen LogP contribution in [-0.2, 0) is 28.6 Å². The van der Waals surface area contributed by atoms with Crippen molar-refractivity contribution >= 4 is 17.9 Å². The molecule has 0 radical (unpaired) electrons. The summed E-state index contributed by atoms with van der Waals surface area (Å²) in [6.45, 7) is 6.29. The second-order valence-electron chi connectivity index (χ2n) is 17.0. The number of carbonyl (C=O) groups excluding carboxylic acids is 3. The number of carbonyl (C=O) groups is 3. The summed E-state index contributed by atoms with van der Waals surface area (Å²) in [7, 11) is 0. The monoisotopic (exact) mass is 925 g/mol. The SMILES string of the molecule is CC/C=C\C/C=C\C/C=C\C/C=C\CCCCCC(=O)OCC(COC(=O)CCC/C=C\C/C=C\C/C=C\CCCCCCCC)OC(=O)CCCCC/C=C\C/C=C\C/C=C\C/C=C\CC. The Balaban J connectivity index is 4.60. The van der Waals surface area contributed by atoms with Crippen LogP contribution in [0.4, 0.5) is 0 Å². The summed E-state index contributed by atoms with van der Waals surface area (Å²) >= 11 is 0. The maximum Gasteiger partial charge on any atom is 0.306 e. The van der Waals surface area contributed by atoms with Crippen LogP contribution >= 0.6 is 0 Å². The first-order valence-corrected chi connectivity index (χ1v) is 26.7. The minimum Gasteiger partial charge on any atom is -0.462 e. The second-order valence-corrected chi connectivity index (χ2v) is 17.0. The van der Waals surface area contributed by atoms with Crippen LogP contribution in [0.2, 0.25) is 0 Å². The van der Waals surface area contributed by atoms with E-state index in [1.807, 2.05) is 0 Å². The summed E-state index contributed by atoms with van der Waals surface area (Å²) in [6, 6.07) is 0. The van der Waals surface area contributed by atoms with Crippen molar-refractivity contribution in [2.75, 3.05) is 13.2 Å². The largest absolute Gasteiger partial charge is 0.462 e. The predicted molar refractivity (Wildman–Crippen MR) is 288 cm³/mol. The summed E-state index contributed by atoms with van der Waals surface area (Å²) in [4.78, 5) is 38.0. The lowest BCUT2D eigenvalue weighted by atomic mass is 10.1. The summed E-state index contributed by atoms with van der Waals surface area (Å²) in [6.07, 6.45) is 75.8. The van der Waals surface area contributed by atoms with Gasteiger partial charge in [-0.1, -0.05) is 199 Å². The van der Waals surface area contributed by atoms with Gasteiger partial charge in [0.2, 0.25) is 0 Å². The smallest absolute Gasteiger partial charge is 0.306 e. The molecule has 0 heterocycles. The van der Waals surface area contributed by atoms with Crippen molar-refractivity contribution in [2.45, 2.75) is 219 Å². The van der Waals surface area contributed by atoms with Gasteiger partial charge in [0.05, 0.1) is 0 Å². The van der Waals surface area contributed by atoms with E-state index in [1.54, 1.807) is 0 Å². The van der Waals surface area contributed by atoms with Crippen molar-refractivity contribution in [3.05, 3.63) is 134 Å². The summed E-state index contributed by atoms with van der Waals surface area (Å²) in [5.74, 6) is -1.05. The fraction of sp³-hybridized carbons (Fsp3) is 0.590. The Labute approximate surface area is 411 Å². The Bertz CT molecular complexity index is 1480. The number of unbranched alkanes of at least 4 members (excludes halogenated alkanes) is 13. The van der Waals surface area contributed by atoms with E-state index in [2.05, 4.69) is 154 Å². The van der Waals surface area contributed by atoms with Crippen molar-refractivity contribution in [1.29, 1.82) is 0 Å². The van der Waals surface area contributed by atoms with Gasteiger partial charge in [0, 0.05) is 19.3 Å². The number of hydrogen-bond donors (Lipinski definition) is 0. The molecule has 0 amide bonds. The summed E-state index contributed by atoms with van der Waals surface area (Å²) < 4.78 is 16.7. The van der Waals surface area contributed by atoms with Crippen LogP contribution in [0.25, 0.3) is 0 Å². The van der Waals surface area contributed by atoms with Crippen molar-refractivity contribution in [3.63, 3.8) is 0 Å². The third-order valence-corrected chi connectivity index (χ3v) is 10.6. The standard InChI is InChI=1S/C61H96O6/c1-4-7-10-13-16-19-22-25-28-31-34-36-39-42-45-48-51-54-60(63)66-57-58(67-61(64)55-52-49-46-43-40-37-33-30-27-24-21-18-15-12-9-6-3)56-65-59(62)53-50-47-44-41-38-35-32-29-26-23-20-17-14-11-8-5-2/h8-9,11-12,17-18,20-21,25-30,34-38,40,42,45,58H,4-7,10,13-16,19,22-24,31-33,39,41,43-44,46-57H2,1-3H3/b11-8-,12-9-,20-17-,21-18-,28-25-,29-26-,30-27-,36-34-,38-35-,40-37-,45-42-. The maximum atomic E-state index is 12.8. The van der Waals surface area contributed by atoms with Gasteiger partial charge >= 0.3 is 17.9 Å². The van der Waals surface area contributed by atoms with E-state index in [1.165, 1.54) is 44.9 Å². The van der Waals surface area contributed by atoms with Gasteiger partial charge in [-0.05, 0) is 128 Å². The Hall–Kier alpha value is -4.45. The van der Waals surface area contributed by atoms with Crippen molar-refractivity contribution in [3.8, 4) is 0 Å². The zero-order chi connectivity index (χ0) is 48.6. The predicted octanol–water partition coefficient (Wildman–Crippen LogP) is 17.9. The van der Waals surface area contributed by atoms with Gasteiger partial charge in [-0.25, -0.2) is 0 Å². The molecule has 0 aliphatic rings. The lowest BCUT2D eigenvalue weighted by Crippen LogP contribution is -2.30. The molecule has 0 N–H and O–H groups in total. The maximum absolute atomic E-state index is 12.8. The first-order chi connectivity index (χ1) is 33.0. The zero-order valence-electron chi connectivity index (χ0n) is 42.9. The van der Waals surface area contributed by atoms with Crippen LogP contribution in [0.1, 0.15) is 213 Å². The average Bonchev–Trinajstić information content (AvgIpc) is 3.33. The molecule has 1 atom stereocenters. The molecule has 0 aromatic rings. The average molecular weight is 925 g/mol. The Kier molecular flexibility index (Phi) is 50.6. The lowest BCUT2D eigenvalue weighted by Gasteiger charge is -2.18. The molecule has 0 saturated carbocycles. The molecule has 0 spiro atoms. The molecular formula is C61H96O6. The molecule has 0 aromatic heterocycles. The van der Waals surface area contributed by atoms with E-state index in [0.717, 1.165) is 116 Å². The number of ether oxygens (including phenoxy) is 3. The molecule has 67 heavy (non-hydrogen) atoms. The van der Waals surface area contributed by atoms with Gasteiger partial charge in [0.15, 0.2) is 6.10 Å². The zero-order valence-corrected chi connectivity index (χ0v) is 42.9. The molecule has 0 saturated heterocycles. The van der Waals surface area contributed by atoms with Crippen LogP contribution in [0.5, 0.6) is 0 Å². The molecule has 0 rings (SSSR count). The van der Waals surface area contributed by atoms with Crippen LogP contribution in [0, 0.1) is 0 Å². The highest BCUT2D eigenvalue weighted by atomic mass is 16.6. The Morgan fingerprint density at radius 1 is 0.313 bits per heavy atom. The second kappa shape index (κ2) is 54.2. The highest BCUT2D eigenvalue weighted by Gasteiger charge is 2.19. The van der Waals surface area contributed by atoms with Gasteiger partial charge in [-0.2, -0.15) is 0 Å². The first kappa shape index (κ1) is 62.5. The van der Waals surface area contributed by atoms with Crippen molar-refractivity contribution in [2.24, 2.45) is 0 Å². The Morgan fingerprint density at radius 2 is 0.597 bits per heavy atom. The van der Waals surface area contributed by atoms with E-state index in [0.29, 0.717) is 19.3 Å². The van der Waals surface area contributed by atoms with Crippen LogP contribution in [-0.4, -0.2) is 37.2 Å². The van der Waals surface area contributed by atoms with E-state index < -0.39 is 6.10 Å². The molecule has 0 aliphatic heterocycles. The van der Waals surface area contributed by atoms with Gasteiger partial charge in [0.25, 0.3) is 0 Å². The van der Waals surface area contributed by atoms with E-state index >= 15 is 0 Å². The molecule has 6 nitrogen and oxygen atoms in total. The highest BCUT2D eigenvalue weighted by molar-refractivity contribution is 5.71. The molecule has 0 aromatic carbocycles. The topological polar surface area (TPSA) is 78.9 Å². The molecule has 0 fully saturated rings. The quantitative estimate of drug-likeness (QED) is 0.0262. The van der Waals surface area contributed by atoms with Gasteiger partial charge in [0.1, 0.15) is 13.2 Å². The lowest BCUT2D eigenvalue weighted by molar-refractivity contribution is -0.167. The van der Waals surface area contributed by atoms with Crippen LogP contribution < -0.4 is 0 Å². The first-order valence-electron chi connectivity index (χ1n) is 26.7. The van der Waals surface area contributed by atoms with Gasteiger partial charge in [-0.15, -0.1) is 0 Å². The fourth-order valence-electron chi connectivity index (χ4n) is 6.67. The minimum absolute atomic E-state index is 0.128. The summed E-state index contributed by atoms with van der Waals surface area (Å²) in [5, 5.41) is 0. The summed E-state index contributed by atoms with van der Waals surface area (Å²) in [5.41, 5.74) is 0. The fourth-order valence-corrected chi connectivity index (χ4v) is 6.67. The van der Waals surface area contributed by atoms with E-state index in [-0.39, 0.29) is 44.0 Å². The van der Waals surface area contributed by atoms with Crippen molar-refractivity contribution in [1.82, 2.24) is 0 Å².